The number of carbonyl (C=O) groups is 1. The minimum absolute atomic E-state index is 0.302. The number of aromatic nitrogens is 1. The molecule has 0 saturated carbocycles. The van der Waals surface area contributed by atoms with Crippen molar-refractivity contribution < 1.29 is 9.90 Å². The Labute approximate surface area is 97.0 Å². The number of hydrogen-bond acceptors (Lipinski definition) is 4. The minimum atomic E-state index is -0.891. The molecule has 1 aliphatic rings. The van der Waals surface area contributed by atoms with Gasteiger partial charge in [-0.05, 0) is 11.6 Å². The first-order valence-electron chi connectivity index (χ1n) is 5.32. The van der Waals surface area contributed by atoms with Crippen molar-refractivity contribution in [3.05, 3.63) is 36.0 Å². The average Bonchev–Trinajstić information content (AvgIpc) is 2.94. The Hall–Kier alpha value is -1.89. The van der Waals surface area contributed by atoms with E-state index in [4.69, 9.17) is 5.11 Å². The van der Waals surface area contributed by atoms with Crippen molar-refractivity contribution in [3.63, 3.8) is 0 Å². The zero-order chi connectivity index (χ0) is 11.8. The second-order valence-corrected chi connectivity index (χ2v) is 4.00. The van der Waals surface area contributed by atoms with Crippen LogP contribution in [-0.4, -0.2) is 22.1 Å². The predicted octanol–water partition coefficient (Wildman–Crippen LogP) is 0.275. The normalized spacial score (nSPS) is 24.2. The number of fused-ring (bicyclic) bond motifs is 1. The molecule has 1 fully saturated rings. The molecule has 17 heavy (non-hydrogen) atoms. The van der Waals surface area contributed by atoms with Crippen LogP contribution in [0.3, 0.4) is 0 Å². The Kier molecular flexibility index (Phi) is 2.32. The van der Waals surface area contributed by atoms with Gasteiger partial charge in [-0.3, -0.25) is 4.79 Å². The van der Waals surface area contributed by atoms with Crippen LogP contribution in [0.25, 0.3) is 10.9 Å². The molecule has 0 radical (unpaired) electrons. The van der Waals surface area contributed by atoms with Crippen LogP contribution in [0.15, 0.2) is 30.5 Å². The third kappa shape index (κ3) is 1.59. The first kappa shape index (κ1) is 10.3. The zero-order valence-electron chi connectivity index (χ0n) is 8.90. The maximum absolute atomic E-state index is 11.1. The van der Waals surface area contributed by atoms with Crippen molar-refractivity contribution in [1.29, 1.82) is 0 Å². The Morgan fingerprint density at radius 3 is 2.88 bits per heavy atom. The van der Waals surface area contributed by atoms with Gasteiger partial charge in [-0.15, -0.1) is 0 Å². The highest BCUT2D eigenvalue weighted by Gasteiger charge is 2.34. The van der Waals surface area contributed by atoms with Gasteiger partial charge in [-0.1, -0.05) is 18.2 Å². The third-order valence-corrected chi connectivity index (χ3v) is 3.01. The number of hydrogen-bond donors (Lipinski definition) is 5. The van der Waals surface area contributed by atoms with E-state index in [9.17, 15) is 4.79 Å². The number of carboxylic acids is 1. The van der Waals surface area contributed by atoms with E-state index in [0.717, 1.165) is 16.5 Å². The number of carboxylic acid groups (broad SMARTS) is 1. The SMILES string of the molecule is O=C(O)C1NNNC1c1c[nH]c2ccccc12. The summed E-state index contributed by atoms with van der Waals surface area (Å²) in [5.74, 6) is -0.891. The molecule has 2 aromatic rings. The Balaban J connectivity index is 2.06. The molecule has 5 N–H and O–H groups in total. The number of para-hydroxylation sites is 1. The fourth-order valence-corrected chi connectivity index (χ4v) is 2.18. The molecule has 2 atom stereocenters. The van der Waals surface area contributed by atoms with Crippen LogP contribution in [-0.2, 0) is 4.79 Å². The van der Waals surface area contributed by atoms with Crippen LogP contribution in [0.1, 0.15) is 11.6 Å². The highest BCUT2D eigenvalue weighted by Crippen LogP contribution is 2.27. The number of rotatable bonds is 2. The van der Waals surface area contributed by atoms with Crippen molar-refractivity contribution in [3.8, 4) is 0 Å². The number of aromatic amines is 1. The molecule has 1 saturated heterocycles. The summed E-state index contributed by atoms with van der Waals surface area (Å²) >= 11 is 0. The summed E-state index contributed by atoms with van der Waals surface area (Å²) in [6.45, 7) is 0. The smallest absolute Gasteiger partial charge is 0.324 e. The van der Waals surface area contributed by atoms with E-state index in [1.807, 2.05) is 30.5 Å². The van der Waals surface area contributed by atoms with E-state index in [2.05, 4.69) is 21.4 Å². The molecule has 3 rings (SSSR count). The van der Waals surface area contributed by atoms with E-state index in [1.54, 1.807) is 0 Å². The number of hydrazine groups is 2. The summed E-state index contributed by atoms with van der Waals surface area (Å²) in [5.41, 5.74) is 10.2. The van der Waals surface area contributed by atoms with Crippen LogP contribution >= 0.6 is 0 Å². The van der Waals surface area contributed by atoms with Crippen LogP contribution in [0.2, 0.25) is 0 Å². The monoisotopic (exact) mass is 232 g/mol. The molecule has 0 amide bonds. The molecule has 0 bridgehead atoms. The average molecular weight is 232 g/mol. The fourth-order valence-electron chi connectivity index (χ4n) is 2.18. The zero-order valence-corrected chi connectivity index (χ0v) is 8.90. The number of aliphatic carboxylic acids is 1. The molecule has 6 nitrogen and oxygen atoms in total. The Bertz CT molecular complexity index is 565. The van der Waals surface area contributed by atoms with Crippen molar-refractivity contribution in [2.75, 3.05) is 0 Å². The van der Waals surface area contributed by atoms with Gasteiger partial charge >= 0.3 is 5.97 Å². The van der Waals surface area contributed by atoms with Gasteiger partial charge in [0.1, 0.15) is 6.04 Å². The van der Waals surface area contributed by atoms with E-state index >= 15 is 0 Å². The van der Waals surface area contributed by atoms with Gasteiger partial charge in [0.2, 0.25) is 0 Å². The maximum Gasteiger partial charge on any atom is 0.324 e. The van der Waals surface area contributed by atoms with Gasteiger partial charge in [-0.25, -0.2) is 10.9 Å². The first-order valence-corrected chi connectivity index (χ1v) is 5.32. The summed E-state index contributed by atoms with van der Waals surface area (Å²) < 4.78 is 0. The summed E-state index contributed by atoms with van der Waals surface area (Å²) in [5, 5.41) is 10.1. The molecular formula is C11H12N4O2. The van der Waals surface area contributed by atoms with Gasteiger partial charge in [0, 0.05) is 17.1 Å². The molecule has 0 aliphatic carbocycles. The predicted molar refractivity (Wildman–Crippen MR) is 61.9 cm³/mol. The largest absolute Gasteiger partial charge is 0.480 e. The van der Waals surface area contributed by atoms with E-state index in [1.165, 1.54) is 0 Å². The lowest BCUT2D eigenvalue weighted by Crippen LogP contribution is -2.38. The topological polar surface area (TPSA) is 89.2 Å². The lowest BCUT2D eigenvalue weighted by Gasteiger charge is -2.13. The third-order valence-electron chi connectivity index (χ3n) is 3.01. The molecular weight excluding hydrogens is 220 g/mol. The van der Waals surface area contributed by atoms with Crippen molar-refractivity contribution in [1.82, 2.24) is 21.4 Å². The van der Waals surface area contributed by atoms with Crippen molar-refractivity contribution in [2.24, 2.45) is 0 Å². The number of benzene rings is 1. The second-order valence-electron chi connectivity index (χ2n) is 4.00. The van der Waals surface area contributed by atoms with Gasteiger partial charge in [-0.2, -0.15) is 5.53 Å². The number of H-pyrrole nitrogens is 1. The molecule has 6 heteroatoms. The van der Waals surface area contributed by atoms with Gasteiger partial charge in [0.25, 0.3) is 0 Å². The standard InChI is InChI=1S/C11H12N4O2/c16-11(17)10-9(13-15-14-10)7-5-12-8-4-2-1-3-6(7)8/h1-5,9-10,12-15H,(H,16,17). The van der Waals surface area contributed by atoms with Crippen molar-refractivity contribution >= 4 is 16.9 Å². The lowest BCUT2D eigenvalue weighted by molar-refractivity contribution is -0.139. The van der Waals surface area contributed by atoms with E-state index in [0.29, 0.717) is 0 Å². The fraction of sp³-hybridized carbons (Fsp3) is 0.182. The molecule has 0 spiro atoms. The second kappa shape index (κ2) is 3.85. The van der Waals surface area contributed by atoms with Crippen LogP contribution in [0.5, 0.6) is 0 Å². The number of nitrogens with one attached hydrogen (secondary N) is 4. The molecule has 1 aromatic carbocycles. The van der Waals surface area contributed by atoms with Crippen molar-refractivity contribution in [2.45, 2.75) is 12.1 Å². The van der Waals surface area contributed by atoms with Gasteiger partial charge in [0.05, 0.1) is 6.04 Å². The summed E-state index contributed by atoms with van der Waals surface area (Å²) in [6.07, 6.45) is 1.84. The molecule has 2 unspecified atom stereocenters. The first-order chi connectivity index (χ1) is 8.27. The summed E-state index contributed by atoms with van der Waals surface area (Å²) in [7, 11) is 0. The Morgan fingerprint density at radius 2 is 2.06 bits per heavy atom. The quantitative estimate of drug-likeness (QED) is 0.513. The highest BCUT2D eigenvalue weighted by molar-refractivity contribution is 5.85. The lowest BCUT2D eigenvalue weighted by atomic mass is 10.0. The van der Waals surface area contributed by atoms with E-state index in [-0.39, 0.29) is 6.04 Å². The molecule has 1 aliphatic heterocycles. The summed E-state index contributed by atoms with van der Waals surface area (Å²) in [6, 6.07) is 6.82. The van der Waals surface area contributed by atoms with E-state index < -0.39 is 12.0 Å². The minimum Gasteiger partial charge on any atom is -0.480 e. The molecule has 2 heterocycles. The van der Waals surface area contributed by atoms with Crippen LogP contribution < -0.4 is 16.4 Å². The molecule has 1 aromatic heterocycles. The van der Waals surface area contributed by atoms with Crippen LogP contribution in [0.4, 0.5) is 0 Å². The summed E-state index contributed by atoms with van der Waals surface area (Å²) in [4.78, 5) is 14.2. The Morgan fingerprint density at radius 1 is 1.24 bits per heavy atom. The van der Waals surface area contributed by atoms with Crippen LogP contribution in [0, 0.1) is 0 Å². The van der Waals surface area contributed by atoms with Gasteiger partial charge < -0.3 is 10.1 Å². The highest BCUT2D eigenvalue weighted by atomic mass is 16.4. The maximum atomic E-state index is 11.1. The molecule has 88 valence electrons. The van der Waals surface area contributed by atoms with Gasteiger partial charge in [0.15, 0.2) is 0 Å².